The van der Waals surface area contributed by atoms with E-state index < -0.39 is 32.9 Å². The van der Waals surface area contributed by atoms with Crippen LogP contribution in [0.15, 0.2) is 55.1 Å². The number of H-pyrrole nitrogens is 1. The van der Waals surface area contributed by atoms with Gasteiger partial charge in [0.25, 0.3) is 5.91 Å². The van der Waals surface area contributed by atoms with Crippen molar-refractivity contribution < 1.29 is 31.5 Å². The number of imidazole rings is 1. The summed E-state index contributed by atoms with van der Waals surface area (Å²) in [7, 11) is 1.86. The number of piperazine rings is 1. The molecule has 15 nitrogen and oxygen atoms in total. The fourth-order valence-electron chi connectivity index (χ4n) is 6.18. The number of anilines is 2. The van der Waals surface area contributed by atoms with E-state index in [1.807, 2.05) is 6.07 Å². The number of methoxy groups -OCH3 is 2. The minimum atomic E-state index is -2.79. The number of halogens is 2. The van der Waals surface area contributed by atoms with Gasteiger partial charge in [-0.1, -0.05) is 12.1 Å². The molecule has 2 aliphatic rings. The summed E-state index contributed by atoms with van der Waals surface area (Å²) in [5, 5.41) is 2.75. The lowest BCUT2D eigenvalue weighted by Crippen LogP contribution is -2.43. The molecule has 2 fully saturated rings. The van der Waals surface area contributed by atoms with Crippen LogP contribution in [-0.2, 0) is 22.9 Å². The van der Waals surface area contributed by atoms with Gasteiger partial charge in [0.15, 0.2) is 33.0 Å². The molecule has 0 unspecified atom stereocenters. The number of nitrogens with one attached hydrogen (secondary N) is 2. The second-order valence-corrected chi connectivity index (χ2v) is 15.3. The number of hydrogen-bond acceptors (Lipinski definition) is 13. The molecular weight excluding hydrogens is 723 g/mol. The lowest BCUT2D eigenvalue weighted by molar-refractivity contribution is 0.102. The number of carbonyl (C=O) groups is 1. The van der Waals surface area contributed by atoms with Gasteiger partial charge >= 0.3 is 0 Å². The zero-order valence-corrected chi connectivity index (χ0v) is 31.0. The summed E-state index contributed by atoms with van der Waals surface area (Å²) >= 11 is 0. The van der Waals surface area contributed by atoms with Gasteiger partial charge in [0.2, 0.25) is 5.95 Å². The van der Waals surface area contributed by atoms with Crippen LogP contribution in [0.4, 0.5) is 20.5 Å². The first-order valence-corrected chi connectivity index (χ1v) is 19.0. The number of ether oxygens (including phenoxy) is 2. The number of carbonyl (C=O) groups excluding carboxylic acids is 1. The predicted molar refractivity (Wildman–Crippen MR) is 200 cm³/mol. The van der Waals surface area contributed by atoms with Crippen molar-refractivity contribution in [3.8, 4) is 22.6 Å². The van der Waals surface area contributed by atoms with Gasteiger partial charge in [-0.3, -0.25) is 29.9 Å². The highest BCUT2D eigenvalue weighted by atomic mass is 32.2. The molecule has 0 atom stereocenters. The Bertz CT molecular complexity index is 2170. The smallest absolute Gasteiger partial charge is 0.260 e. The number of nitrogen functional groups attached to an aromatic ring is 1. The molecule has 0 aliphatic carbocycles. The Kier molecular flexibility index (Phi) is 12.0. The number of aromatic amines is 1. The third-order valence-electron chi connectivity index (χ3n) is 9.25. The molecule has 2 saturated heterocycles. The van der Waals surface area contributed by atoms with Gasteiger partial charge in [-0.25, -0.2) is 27.2 Å². The first-order chi connectivity index (χ1) is 25.9. The molecule has 0 bridgehead atoms. The normalized spacial score (nSPS) is 16.4. The van der Waals surface area contributed by atoms with E-state index in [0.29, 0.717) is 25.5 Å². The number of fused-ring (bicyclic) bond motifs is 1. The monoisotopic (exact) mass is 764 g/mol. The molecular formula is C36H42F2N10O5S. The highest BCUT2D eigenvalue weighted by Crippen LogP contribution is 2.40. The maximum absolute atomic E-state index is 15.2. The van der Waals surface area contributed by atoms with E-state index in [2.05, 4.69) is 52.0 Å². The number of sulfone groups is 1. The summed E-state index contributed by atoms with van der Waals surface area (Å²) in [4.78, 5) is 39.9. The molecule has 0 saturated carbocycles. The first-order valence-electron chi connectivity index (χ1n) is 17.2. The van der Waals surface area contributed by atoms with Gasteiger partial charge in [-0.15, -0.1) is 0 Å². The third kappa shape index (κ3) is 9.07. The third-order valence-corrected chi connectivity index (χ3v) is 10.9. The zero-order valence-electron chi connectivity index (χ0n) is 30.2. The molecule has 7 rings (SSSR count). The number of rotatable bonds is 9. The number of hydrogen-bond donors (Lipinski definition) is 3. The molecule has 286 valence electrons. The van der Waals surface area contributed by atoms with Crippen LogP contribution in [0.5, 0.6) is 11.5 Å². The van der Waals surface area contributed by atoms with Crippen LogP contribution < -0.4 is 20.5 Å². The van der Waals surface area contributed by atoms with Gasteiger partial charge in [-0.05, 0) is 24.7 Å². The second-order valence-electron chi connectivity index (χ2n) is 13.0. The Morgan fingerprint density at radius 1 is 0.852 bits per heavy atom. The summed E-state index contributed by atoms with van der Waals surface area (Å²) in [5.41, 5.74) is 7.63. The largest absolute Gasteiger partial charge is 0.494 e. The average Bonchev–Trinajstić information content (AvgIpc) is 3.61. The Labute approximate surface area is 311 Å². The van der Waals surface area contributed by atoms with Crippen molar-refractivity contribution in [1.82, 2.24) is 39.6 Å². The number of nitrogens with zero attached hydrogens (tertiary/aromatic N) is 7. The van der Waals surface area contributed by atoms with E-state index in [1.54, 1.807) is 18.5 Å². The number of likely N-dealkylation sites (N-methyl/N-ethyl adjacent to an activating group) is 1. The van der Waals surface area contributed by atoms with Crippen LogP contribution in [-0.4, -0.2) is 126 Å². The summed E-state index contributed by atoms with van der Waals surface area (Å²) in [6.45, 7) is 6.54. The van der Waals surface area contributed by atoms with Gasteiger partial charge in [0, 0.05) is 82.6 Å². The van der Waals surface area contributed by atoms with Crippen molar-refractivity contribution in [2.75, 3.05) is 83.1 Å². The molecule has 2 aromatic carbocycles. The number of amides is 1. The highest BCUT2D eigenvalue weighted by molar-refractivity contribution is 7.91. The van der Waals surface area contributed by atoms with Crippen LogP contribution in [0.1, 0.15) is 21.6 Å². The molecule has 3 aromatic heterocycles. The minimum Gasteiger partial charge on any atom is -0.494 e. The molecule has 4 N–H and O–H groups in total. The van der Waals surface area contributed by atoms with E-state index in [-0.39, 0.29) is 51.1 Å². The van der Waals surface area contributed by atoms with E-state index in [4.69, 9.17) is 15.2 Å². The summed E-state index contributed by atoms with van der Waals surface area (Å²) in [5.74, 6) is -1.40. The number of benzene rings is 2. The Balaban J connectivity index is 0.000000259. The highest BCUT2D eigenvalue weighted by Gasteiger charge is 2.26. The van der Waals surface area contributed by atoms with E-state index in [1.165, 1.54) is 38.7 Å². The van der Waals surface area contributed by atoms with Crippen LogP contribution >= 0.6 is 0 Å². The molecule has 18 heteroatoms. The summed E-state index contributed by atoms with van der Waals surface area (Å²) in [6, 6.07) is 7.68. The maximum atomic E-state index is 15.2. The Morgan fingerprint density at radius 2 is 1.50 bits per heavy atom. The van der Waals surface area contributed by atoms with Crippen molar-refractivity contribution in [1.29, 1.82) is 0 Å². The van der Waals surface area contributed by atoms with Crippen LogP contribution in [0, 0.1) is 11.6 Å². The Hall–Kier alpha value is -5.30. The molecule has 5 aromatic rings. The van der Waals surface area contributed by atoms with Crippen LogP contribution in [0.25, 0.3) is 22.2 Å². The fourth-order valence-corrected chi connectivity index (χ4v) is 7.46. The molecule has 54 heavy (non-hydrogen) atoms. The second kappa shape index (κ2) is 16.8. The van der Waals surface area contributed by atoms with Gasteiger partial charge in [0.1, 0.15) is 11.3 Å². The predicted octanol–water partition coefficient (Wildman–Crippen LogP) is 3.21. The lowest BCUT2D eigenvalue weighted by Gasteiger charge is -2.31. The van der Waals surface area contributed by atoms with Crippen LogP contribution in [0.3, 0.4) is 0 Å². The average molecular weight is 765 g/mol. The standard InChI is InChI=1S/C26H27F2N7O3.C10H15N3O2S/c1-34-8-10-35(11-9-34)14-15-13-31-26(32-15)33-25(36)17-5-4-16(23-24(17)30-7-6-29-23)20-21(27)18(37-2)12-19(38-3)22(20)28;11-10-2-1-9(7-12-10)8-13-3-5-16(14,15)6-4-13/h4-7,12-13H,8-11,14H2,1-3H3,(H2,31,32,33,36);1-2,7H,3-6,8H2,(H2,11,12). The minimum absolute atomic E-state index is 0.101. The summed E-state index contributed by atoms with van der Waals surface area (Å²) < 4.78 is 63.1. The molecule has 1 amide bonds. The zero-order chi connectivity index (χ0) is 38.4. The quantitative estimate of drug-likeness (QED) is 0.199. The van der Waals surface area contributed by atoms with Gasteiger partial charge in [0.05, 0.1) is 54.3 Å². The van der Waals surface area contributed by atoms with Crippen molar-refractivity contribution in [3.05, 3.63) is 83.6 Å². The maximum Gasteiger partial charge on any atom is 0.260 e. The van der Waals surface area contributed by atoms with Crippen molar-refractivity contribution >= 4 is 38.5 Å². The fraction of sp³-hybridized carbons (Fsp3) is 0.361. The summed E-state index contributed by atoms with van der Waals surface area (Å²) in [6.07, 6.45) is 6.22. The SMILES string of the molecule is COc1cc(OC)c(F)c(-c2ccc(C(=O)Nc3ncc(CN4CCN(C)CC4)[nH]3)c3nccnc23)c1F.Nc1ccc(CN2CCS(=O)(=O)CC2)cn1. The molecule has 5 heterocycles. The number of nitrogens with two attached hydrogens (primary N) is 1. The van der Waals surface area contributed by atoms with E-state index in [0.717, 1.165) is 50.0 Å². The van der Waals surface area contributed by atoms with Gasteiger partial charge < -0.3 is 25.1 Å². The number of pyridine rings is 1. The Morgan fingerprint density at radius 3 is 2.13 bits per heavy atom. The first kappa shape index (κ1) is 38.4. The molecule has 0 radical (unpaired) electrons. The van der Waals surface area contributed by atoms with Crippen molar-refractivity contribution in [3.63, 3.8) is 0 Å². The van der Waals surface area contributed by atoms with Crippen LogP contribution in [0.2, 0.25) is 0 Å². The number of aromatic nitrogens is 5. The lowest BCUT2D eigenvalue weighted by atomic mass is 9.99. The van der Waals surface area contributed by atoms with Crippen molar-refractivity contribution in [2.24, 2.45) is 0 Å². The van der Waals surface area contributed by atoms with E-state index in [9.17, 15) is 13.2 Å². The van der Waals surface area contributed by atoms with Gasteiger partial charge in [-0.2, -0.15) is 0 Å². The van der Waals surface area contributed by atoms with Crippen molar-refractivity contribution in [2.45, 2.75) is 13.1 Å². The molecule has 2 aliphatic heterocycles. The van der Waals surface area contributed by atoms with E-state index >= 15 is 8.78 Å². The topological polar surface area (TPSA) is 185 Å². The molecule has 0 spiro atoms.